The van der Waals surface area contributed by atoms with E-state index in [0.717, 1.165) is 50.6 Å². The Balaban J connectivity index is 1.67. The van der Waals surface area contributed by atoms with E-state index < -0.39 is 0 Å². The summed E-state index contributed by atoms with van der Waals surface area (Å²) in [6, 6.07) is 7.80. The minimum atomic E-state index is -0.202. The van der Waals surface area contributed by atoms with E-state index in [9.17, 15) is 5.11 Å². The van der Waals surface area contributed by atoms with Gasteiger partial charge >= 0.3 is 0 Å². The van der Waals surface area contributed by atoms with Crippen molar-refractivity contribution in [2.45, 2.75) is 32.8 Å². The monoisotopic (exact) mass is 293 g/mol. The molecule has 118 valence electrons. The van der Waals surface area contributed by atoms with Crippen molar-refractivity contribution in [1.29, 1.82) is 0 Å². The first kappa shape index (κ1) is 16.1. The van der Waals surface area contributed by atoms with Gasteiger partial charge in [-0.25, -0.2) is 0 Å². The molecule has 1 heterocycles. The SMILES string of the molecule is CCCOc1ccc(OCCN2CCC(C(C)O)C2)cc1. The van der Waals surface area contributed by atoms with Crippen LogP contribution in [0.1, 0.15) is 26.7 Å². The lowest BCUT2D eigenvalue weighted by Gasteiger charge is -2.17. The van der Waals surface area contributed by atoms with E-state index in [1.165, 1.54) is 0 Å². The zero-order valence-corrected chi connectivity index (χ0v) is 13.1. The highest BCUT2D eigenvalue weighted by atomic mass is 16.5. The Morgan fingerprint density at radius 2 is 1.81 bits per heavy atom. The van der Waals surface area contributed by atoms with E-state index in [0.29, 0.717) is 12.5 Å². The molecule has 0 radical (unpaired) electrons. The van der Waals surface area contributed by atoms with Gasteiger partial charge in [-0.05, 0) is 56.5 Å². The molecule has 1 aromatic rings. The van der Waals surface area contributed by atoms with Crippen LogP contribution in [0, 0.1) is 5.92 Å². The van der Waals surface area contributed by atoms with Gasteiger partial charge in [0.25, 0.3) is 0 Å². The highest BCUT2D eigenvalue weighted by Gasteiger charge is 2.25. The molecule has 21 heavy (non-hydrogen) atoms. The van der Waals surface area contributed by atoms with Gasteiger partial charge in [-0.15, -0.1) is 0 Å². The molecule has 4 heteroatoms. The Kier molecular flexibility index (Phi) is 6.33. The summed E-state index contributed by atoms with van der Waals surface area (Å²) in [5, 5.41) is 9.59. The van der Waals surface area contributed by atoms with Gasteiger partial charge in [0.15, 0.2) is 0 Å². The lowest BCUT2D eigenvalue weighted by Crippen LogP contribution is -2.28. The Labute approximate surface area is 127 Å². The Morgan fingerprint density at radius 1 is 1.19 bits per heavy atom. The van der Waals surface area contributed by atoms with Crippen molar-refractivity contribution in [1.82, 2.24) is 4.90 Å². The zero-order chi connectivity index (χ0) is 15.1. The van der Waals surface area contributed by atoms with Gasteiger partial charge in [-0.2, -0.15) is 0 Å². The lowest BCUT2D eigenvalue weighted by molar-refractivity contribution is 0.125. The van der Waals surface area contributed by atoms with E-state index >= 15 is 0 Å². The van der Waals surface area contributed by atoms with E-state index in [-0.39, 0.29) is 6.10 Å². The number of ether oxygens (including phenoxy) is 2. The molecule has 0 spiro atoms. The maximum absolute atomic E-state index is 9.59. The summed E-state index contributed by atoms with van der Waals surface area (Å²) in [5.41, 5.74) is 0. The zero-order valence-electron chi connectivity index (χ0n) is 13.1. The van der Waals surface area contributed by atoms with Crippen LogP contribution in [0.5, 0.6) is 11.5 Å². The summed E-state index contributed by atoms with van der Waals surface area (Å²) in [5.74, 6) is 2.19. The predicted molar refractivity (Wildman–Crippen MR) is 84.0 cm³/mol. The Hall–Kier alpha value is -1.26. The largest absolute Gasteiger partial charge is 0.494 e. The van der Waals surface area contributed by atoms with Crippen molar-refractivity contribution in [2.24, 2.45) is 5.92 Å². The fourth-order valence-corrected chi connectivity index (χ4v) is 2.60. The van der Waals surface area contributed by atoms with Crippen molar-refractivity contribution in [2.75, 3.05) is 32.8 Å². The average molecular weight is 293 g/mol. The maximum atomic E-state index is 9.59. The number of benzene rings is 1. The molecule has 1 aliphatic heterocycles. The smallest absolute Gasteiger partial charge is 0.119 e. The summed E-state index contributed by atoms with van der Waals surface area (Å²) in [6.45, 7) is 8.36. The van der Waals surface area contributed by atoms with E-state index in [4.69, 9.17) is 9.47 Å². The third-order valence-corrected chi connectivity index (χ3v) is 3.96. The first-order valence-electron chi connectivity index (χ1n) is 7.95. The number of hydrogen-bond acceptors (Lipinski definition) is 4. The normalized spacial score (nSPS) is 20.4. The summed E-state index contributed by atoms with van der Waals surface area (Å²) >= 11 is 0. The van der Waals surface area contributed by atoms with Crippen LogP contribution in [0.25, 0.3) is 0 Å². The van der Waals surface area contributed by atoms with Gasteiger partial charge in [0, 0.05) is 13.1 Å². The molecular formula is C17H27NO3. The number of hydrogen-bond donors (Lipinski definition) is 1. The van der Waals surface area contributed by atoms with Gasteiger partial charge in [0.05, 0.1) is 12.7 Å². The van der Waals surface area contributed by atoms with Crippen molar-refractivity contribution >= 4 is 0 Å². The highest BCUT2D eigenvalue weighted by molar-refractivity contribution is 5.31. The summed E-state index contributed by atoms with van der Waals surface area (Å²) in [7, 11) is 0. The molecule has 0 aromatic heterocycles. The fourth-order valence-electron chi connectivity index (χ4n) is 2.60. The van der Waals surface area contributed by atoms with Crippen molar-refractivity contribution < 1.29 is 14.6 Å². The number of likely N-dealkylation sites (tertiary alicyclic amines) is 1. The highest BCUT2D eigenvalue weighted by Crippen LogP contribution is 2.20. The molecule has 0 amide bonds. The lowest BCUT2D eigenvalue weighted by atomic mass is 10.0. The van der Waals surface area contributed by atoms with Crippen LogP contribution in [0.3, 0.4) is 0 Å². The van der Waals surface area contributed by atoms with Gasteiger partial charge in [-0.1, -0.05) is 6.92 Å². The second-order valence-corrected chi connectivity index (χ2v) is 5.76. The molecule has 1 fully saturated rings. The molecule has 1 aliphatic rings. The molecule has 4 nitrogen and oxygen atoms in total. The third-order valence-electron chi connectivity index (χ3n) is 3.96. The molecule has 1 aromatic carbocycles. The third kappa shape index (κ3) is 5.21. The average Bonchev–Trinajstić information content (AvgIpc) is 2.95. The minimum Gasteiger partial charge on any atom is -0.494 e. The van der Waals surface area contributed by atoms with Gasteiger partial charge in [0.2, 0.25) is 0 Å². The van der Waals surface area contributed by atoms with Crippen LogP contribution in [0.15, 0.2) is 24.3 Å². The van der Waals surface area contributed by atoms with Crippen LogP contribution < -0.4 is 9.47 Å². The molecular weight excluding hydrogens is 266 g/mol. The first-order valence-corrected chi connectivity index (χ1v) is 7.95. The number of aliphatic hydroxyl groups excluding tert-OH is 1. The Bertz CT molecular complexity index is 405. The maximum Gasteiger partial charge on any atom is 0.119 e. The summed E-state index contributed by atoms with van der Waals surface area (Å²) in [6.07, 6.45) is 1.90. The Morgan fingerprint density at radius 3 is 2.33 bits per heavy atom. The number of aliphatic hydroxyl groups is 1. The first-order chi connectivity index (χ1) is 10.2. The van der Waals surface area contributed by atoms with Gasteiger partial charge < -0.3 is 14.6 Å². The molecule has 2 unspecified atom stereocenters. The van der Waals surface area contributed by atoms with E-state index in [1.807, 2.05) is 31.2 Å². The fraction of sp³-hybridized carbons (Fsp3) is 0.647. The van der Waals surface area contributed by atoms with Crippen LogP contribution >= 0.6 is 0 Å². The van der Waals surface area contributed by atoms with Gasteiger partial charge in [-0.3, -0.25) is 4.90 Å². The molecule has 0 bridgehead atoms. The summed E-state index contributed by atoms with van der Waals surface area (Å²) in [4.78, 5) is 2.36. The van der Waals surface area contributed by atoms with Crippen molar-refractivity contribution in [3.63, 3.8) is 0 Å². The second kappa shape index (κ2) is 8.25. The van der Waals surface area contributed by atoms with Crippen LogP contribution in [0.4, 0.5) is 0 Å². The van der Waals surface area contributed by atoms with E-state index in [2.05, 4.69) is 11.8 Å². The van der Waals surface area contributed by atoms with Crippen LogP contribution in [-0.4, -0.2) is 49.0 Å². The molecule has 2 rings (SSSR count). The quantitative estimate of drug-likeness (QED) is 0.800. The van der Waals surface area contributed by atoms with Crippen molar-refractivity contribution in [3.8, 4) is 11.5 Å². The second-order valence-electron chi connectivity index (χ2n) is 5.76. The molecule has 1 saturated heterocycles. The molecule has 1 N–H and O–H groups in total. The summed E-state index contributed by atoms with van der Waals surface area (Å²) < 4.78 is 11.3. The molecule has 2 atom stereocenters. The van der Waals surface area contributed by atoms with E-state index in [1.54, 1.807) is 0 Å². The van der Waals surface area contributed by atoms with Crippen LogP contribution in [0.2, 0.25) is 0 Å². The topological polar surface area (TPSA) is 41.9 Å². The van der Waals surface area contributed by atoms with Gasteiger partial charge in [0.1, 0.15) is 18.1 Å². The molecule has 0 saturated carbocycles. The molecule has 0 aliphatic carbocycles. The van der Waals surface area contributed by atoms with Crippen LogP contribution in [-0.2, 0) is 0 Å². The minimum absolute atomic E-state index is 0.202. The number of nitrogens with zero attached hydrogens (tertiary/aromatic N) is 1. The standard InChI is InChI=1S/C17H27NO3/c1-3-11-20-16-4-6-17(7-5-16)21-12-10-18-9-8-15(13-18)14(2)19/h4-7,14-15,19H,3,8-13H2,1-2H3. The van der Waals surface area contributed by atoms with Crippen molar-refractivity contribution in [3.05, 3.63) is 24.3 Å². The number of rotatable bonds is 8. The predicted octanol–water partition coefficient (Wildman–Crippen LogP) is 2.56.